The molecule has 0 aromatic heterocycles. The minimum absolute atomic E-state index is 0.0576. The van der Waals surface area contributed by atoms with E-state index in [1.165, 1.54) is 20.3 Å². The summed E-state index contributed by atoms with van der Waals surface area (Å²) >= 11 is 0. The highest BCUT2D eigenvalue weighted by atomic mass is 16.5. The van der Waals surface area contributed by atoms with Gasteiger partial charge in [0.05, 0.1) is 14.2 Å². The van der Waals surface area contributed by atoms with Crippen molar-refractivity contribution in [2.75, 3.05) is 20.8 Å². The number of methoxy groups -OCH3 is 2. The third-order valence-corrected chi connectivity index (χ3v) is 2.57. The maximum Gasteiger partial charge on any atom is 0.342 e. The molecule has 5 heteroatoms. The van der Waals surface area contributed by atoms with Crippen LogP contribution in [0.1, 0.15) is 5.56 Å². The first kappa shape index (κ1) is 12.2. The van der Waals surface area contributed by atoms with Crippen molar-refractivity contribution < 1.29 is 23.8 Å². The van der Waals surface area contributed by atoms with Crippen LogP contribution in [-0.4, -0.2) is 32.6 Å². The Bertz CT molecular complexity index is 512. The first-order chi connectivity index (χ1) is 8.65. The summed E-state index contributed by atoms with van der Waals surface area (Å²) in [7, 11) is 3.05. The van der Waals surface area contributed by atoms with E-state index in [1.807, 2.05) is 0 Å². The van der Waals surface area contributed by atoms with Crippen molar-refractivity contribution in [1.82, 2.24) is 0 Å². The van der Waals surface area contributed by atoms with Crippen molar-refractivity contribution in [1.29, 1.82) is 0 Å². The first-order valence-electron chi connectivity index (χ1n) is 5.29. The summed E-state index contributed by atoms with van der Waals surface area (Å²) in [5.41, 5.74) is 0.733. The van der Waals surface area contributed by atoms with Gasteiger partial charge in [-0.1, -0.05) is 6.07 Å². The number of benzene rings is 1. The van der Waals surface area contributed by atoms with Crippen LogP contribution in [0.25, 0.3) is 6.08 Å². The second kappa shape index (κ2) is 4.91. The molecule has 18 heavy (non-hydrogen) atoms. The molecule has 1 aliphatic heterocycles. The Morgan fingerprint density at radius 3 is 2.44 bits per heavy atom. The highest BCUT2D eigenvalue weighted by Gasteiger charge is 2.27. The van der Waals surface area contributed by atoms with Crippen LogP contribution in [0.3, 0.4) is 0 Å². The van der Waals surface area contributed by atoms with Gasteiger partial charge in [0.2, 0.25) is 5.78 Å². The van der Waals surface area contributed by atoms with E-state index in [-0.39, 0.29) is 18.0 Å². The van der Waals surface area contributed by atoms with Crippen molar-refractivity contribution in [3.8, 4) is 11.5 Å². The smallest absolute Gasteiger partial charge is 0.342 e. The van der Waals surface area contributed by atoms with Crippen LogP contribution in [0.15, 0.2) is 23.8 Å². The minimum atomic E-state index is -0.588. The van der Waals surface area contributed by atoms with E-state index >= 15 is 0 Å². The molecular formula is C13H12O5. The fourth-order valence-electron chi connectivity index (χ4n) is 1.65. The number of rotatable bonds is 3. The molecule has 0 bridgehead atoms. The molecule has 0 saturated carbocycles. The molecule has 1 saturated heterocycles. The molecule has 5 nitrogen and oxygen atoms in total. The molecule has 1 aliphatic rings. The van der Waals surface area contributed by atoms with E-state index in [1.54, 1.807) is 18.2 Å². The highest BCUT2D eigenvalue weighted by Crippen LogP contribution is 2.28. The zero-order valence-corrected chi connectivity index (χ0v) is 10.1. The predicted molar refractivity (Wildman–Crippen MR) is 63.5 cm³/mol. The molecule has 1 heterocycles. The topological polar surface area (TPSA) is 61.8 Å². The number of hydrogen-bond acceptors (Lipinski definition) is 5. The third-order valence-electron chi connectivity index (χ3n) is 2.57. The van der Waals surface area contributed by atoms with Gasteiger partial charge in [-0.25, -0.2) is 4.79 Å². The highest BCUT2D eigenvalue weighted by molar-refractivity contribution is 6.24. The summed E-state index contributed by atoms with van der Waals surface area (Å²) in [4.78, 5) is 22.7. The molecule has 0 radical (unpaired) electrons. The van der Waals surface area contributed by atoms with Gasteiger partial charge in [-0.15, -0.1) is 0 Å². The van der Waals surface area contributed by atoms with Gasteiger partial charge in [0.25, 0.3) is 0 Å². The molecule has 1 fully saturated rings. The Morgan fingerprint density at radius 2 is 1.89 bits per heavy atom. The van der Waals surface area contributed by atoms with Crippen LogP contribution < -0.4 is 9.47 Å². The summed E-state index contributed by atoms with van der Waals surface area (Å²) in [5, 5.41) is 0. The molecule has 1 aromatic carbocycles. The van der Waals surface area contributed by atoms with Gasteiger partial charge in [-0.3, -0.25) is 4.79 Å². The second-order valence-corrected chi connectivity index (χ2v) is 3.67. The van der Waals surface area contributed by atoms with E-state index in [0.717, 1.165) is 0 Å². The molecule has 0 amide bonds. The Hall–Kier alpha value is -2.30. The number of hydrogen-bond donors (Lipinski definition) is 0. The SMILES string of the molecule is COc1ccc(C=C2C(=O)COC2=O)cc1OC. The fraction of sp³-hybridized carbons (Fsp3) is 0.231. The summed E-state index contributed by atoms with van der Waals surface area (Å²) in [6, 6.07) is 5.12. The standard InChI is InChI=1S/C13H12O5/c1-16-11-4-3-8(6-12(11)17-2)5-9-10(14)7-18-13(9)15/h3-6H,7H2,1-2H3. The molecule has 2 rings (SSSR count). The lowest BCUT2D eigenvalue weighted by Gasteiger charge is -2.07. The zero-order valence-electron chi connectivity index (χ0n) is 10.1. The number of ether oxygens (including phenoxy) is 3. The number of carbonyl (C=O) groups excluding carboxylic acids is 2. The van der Waals surface area contributed by atoms with E-state index in [4.69, 9.17) is 9.47 Å². The summed E-state index contributed by atoms with van der Waals surface area (Å²) in [5.74, 6) is 0.218. The number of ketones is 1. The Morgan fingerprint density at radius 1 is 1.17 bits per heavy atom. The van der Waals surface area contributed by atoms with Crippen molar-refractivity contribution in [2.45, 2.75) is 0 Å². The predicted octanol–water partition coefficient (Wildman–Crippen LogP) is 1.21. The molecule has 0 atom stereocenters. The summed E-state index contributed by atoms with van der Waals surface area (Å²) in [6.07, 6.45) is 1.49. The van der Waals surface area contributed by atoms with Gasteiger partial charge in [0, 0.05) is 0 Å². The van der Waals surface area contributed by atoms with Gasteiger partial charge in [-0.2, -0.15) is 0 Å². The molecule has 0 N–H and O–H groups in total. The van der Waals surface area contributed by atoms with Crippen LogP contribution in [-0.2, 0) is 14.3 Å². The average Bonchev–Trinajstić information content (AvgIpc) is 2.70. The largest absolute Gasteiger partial charge is 0.493 e. The summed E-state index contributed by atoms with van der Waals surface area (Å²) in [6.45, 7) is -0.183. The van der Waals surface area contributed by atoms with Crippen LogP contribution in [0, 0.1) is 0 Å². The number of cyclic esters (lactones) is 1. The maximum absolute atomic E-state index is 11.4. The van der Waals surface area contributed by atoms with E-state index in [0.29, 0.717) is 17.1 Å². The van der Waals surface area contributed by atoms with Crippen molar-refractivity contribution in [3.63, 3.8) is 0 Å². The van der Waals surface area contributed by atoms with Gasteiger partial charge in [0.15, 0.2) is 18.1 Å². The Labute approximate surface area is 104 Å². The quantitative estimate of drug-likeness (QED) is 0.457. The van der Waals surface area contributed by atoms with E-state index < -0.39 is 5.97 Å². The normalized spacial score (nSPS) is 16.9. The van der Waals surface area contributed by atoms with Crippen LogP contribution in [0.2, 0.25) is 0 Å². The maximum atomic E-state index is 11.4. The lowest BCUT2D eigenvalue weighted by Crippen LogP contribution is -2.00. The van der Waals surface area contributed by atoms with Crippen molar-refractivity contribution in [2.24, 2.45) is 0 Å². The van der Waals surface area contributed by atoms with Crippen molar-refractivity contribution in [3.05, 3.63) is 29.3 Å². The average molecular weight is 248 g/mol. The van der Waals surface area contributed by atoms with Crippen LogP contribution in [0.4, 0.5) is 0 Å². The first-order valence-corrected chi connectivity index (χ1v) is 5.29. The number of Topliss-reactive ketones (excluding diaryl/α,β-unsaturated/α-hetero) is 1. The van der Waals surface area contributed by atoms with Gasteiger partial charge < -0.3 is 14.2 Å². The third kappa shape index (κ3) is 2.20. The van der Waals surface area contributed by atoms with E-state index in [9.17, 15) is 9.59 Å². The lowest BCUT2D eigenvalue weighted by molar-refractivity contribution is -0.135. The van der Waals surface area contributed by atoms with Gasteiger partial charge in [0.1, 0.15) is 5.57 Å². The molecule has 0 unspecified atom stereocenters. The van der Waals surface area contributed by atoms with Crippen molar-refractivity contribution >= 4 is 17.8 Å². The lowest BCUT2D eigenvalue weighted by atomic mass is 10.1. The molecule has 1 aromatic rings. The molecule has 0 aliphatic carbocycles. The molecule has 0 spiro atoms. The molecule has 94 valence electrons. The van der Waals surface area contributed by atoms with Gasteiger partial charge in [-0.05, 0) is 23.8 Å². The number of carbonyl (C=O) groups is 2. The second-order valence-electron chi connectivity index (χ2n) is 3.67. The molecular weight excluding hydrogens is 236 g/mol. The monoisotopic (exact) mass is 248 g/mol. The van der Waals surface area contributed by atoms with Crippen LogP contribution in [0.5, 0.6) is 11.5 Å². The van der Waals surface area contributed by atoms with Gasteiger partial charge >= 0.3 is 5.97 Å². The zero-order chi connectivity index (χ0) is 13.1. The Kier molecular flexibility index (Phi) is 3.32. The Balaban J connectivity index is 2.37. The summed E-state index contributed by atoms with van der Waals surface area (Å²) < 4.78 is 14.9. The number of esters is 1. The van der Waals surface area contributed by atoms with E-state index in [2.05, 4.69) is 4.74 Å². The van der Waals surface area contributed by atoms with Crippen LogP contribution >= 0.6 is 0 Å². The fourth-order valence-corrected chi connectivity index (χ4v) is 1.65. The minimum Gasteiger partial charge on any atom is -0.493 e.